The highest BCUT2D eigenvalue weighted by atomic mass is 16.3. The lowest BCUT2D eigenvalue weighted by Crippen LogP contribution is -2.38. The number of rotatable bonds is 3. The first-order valence-electron chi connectivity index (χ1n) is 4.72. The molecule has 1 aromatic rings. The third-order valence-electron chi connectivity index (χ3n) is 1.94. The average Bonchev–Trinajstić information content (AvgIpc) is 2.40. The summed E-state index contributed by atoms with van der Waals surface area (Å²) < 4.78 is 1.65. The second-order valence-corrected chi connectivity index (χ2v) is 4.26. The summed E-state index contributed by atoms with van der Waals surface area (Å²) in [7, 11) is 1.75. The number of carbonyl (C=O) groups is 1. The summed E-state index contributed by atoms with van der Waals surface area (Å²) in [6.07, 6.45) is 1.67. The third kappa shape index (κ3) is 3.28. The Balaban J connectivity index is 2.66. The third-order valence-corrected chi connectivity index (χ3v) is 1.94. The van der Waals surface area contributed by atoms with Gasteiger partial charge in [0.15, 0.2) is 0 Å². The molecule has 1 rings (SSSR count). The fourth-order valence-corrected chi connectivity index (χ4v) is 1.20. The molecule has 0 aromatic carbocycles. The minimum absolute atomic E-state index is 0.205. The smallest absolute Gasteiger partial charge is 0.268 e. The van der Waals surface area contributed by atoms with Crippen molar-refractivity contribution in [3.05, 3.63) is 18.0 Å². The van der Waals surface area contributed by atoms with Gasteiger partial charge in [-0.15, -0.1) is 0 Å². The van der Waals surface area contributed by atoms with Gasteiger partial charge in [0.25, 0.3) is 5.91 Å². The summed E-state index contributed by atoms with van der Waals surface area (Å²) in [4.78, 5) is 11.6. The highest BCUT2D eigenvalue weighted by Crippen LogP contribution is 2.08. The van der Waals surface area contributed by atoms with E-state index in [-0.39, 0.29) is 12.5 Å². The van der Waals surface area contributed by atoms with Crippen LogP contribution in [-0.4, -0.2) is 27.7 Å². The lowest BCUT2D eigenvalue weighted by atomic mass is 10.1. The molecule has 0 aliphatic heterocycles. The van der Waals surface area contributed by atoms with Crippen LogP contribution in [0.4, 0.5) is 5.69 Å². The number of anilines is 1. The quantitative estimate of drug-likeness (QED) is 0.663. The molecule has 0 atom stereocenters. The van der Waals surface area contributed by atoms with Gasteiger partial charge in [-0.2, -0.15) is 0 Å². The number of nitrogens with one attached hydrogen (secondary N) is 1. The Morgan fingerprint density at radius 1 is 1.67 bits per heavy atom. The zero-order valence-corrected chi connectivity index (χ0v) is 9.24. The van der Waals surface area contributed by atoms with Crippen molar-refractivity contribution < 1.29 is 9.90 Å². The largest absolute Gasteiger partial charge is 0.397 e. The van der Waals surface area contributed by atoms with Crippen LogP contribution in [0.3, 0.4) is 0 Å². The Morgan fingerprint density at radius 3 is 2.67 bits per heavy atom. The van der Waals surface area contributed by atoms with Gasteiger partial charge in [-0.05, 0) is 19.9 Å². The predicted molar refractivity (Wildman–Crippen MR) is 58.5 cm³/mol. The number of aromatic nitrogens is 1. The molecule has 0 unspecified atom stereocenters. The van der Waals surface area contributed by atoms with Crippen molar-refractivity contribution in [2.75, 3.05) is 12.3 Å². The fraction of sp³-hybridized carbons (Fsp3) is 0.500. The number of hydrogen-bond acceptors (Lipinski definition) is 3. The van der Waals surface area contributed by atoms with Gasteiger partial charge in [0.1, 0.15) is 5.69 Å². The van der Waals surface area contributed by atoms with Crippen molar-refractivity contribution in [3.8, 4) is 0 Å². The van der Waals surface area contributed by atoms with E-state index >= 15 is 0 Å². The van der Waals surface area contributed by atoms with Crippen LogP contribution in [0.15, 0.2) is 12.3 Å². The van der Waals surface area contributed by atoms with Crippen LogP contribution in [0.5, 0.6) is 0 Å². The van der Waals surface area contributed by atoms with E-state index in [1.54, 1.807) is 37.7 Å². The van der Waals surface area contributed by atoms with Gasteiger partial charge < -0.3 is 20.7 Å². The van der Waals surface area contributed by atoms with Crippen molar-refractivity contribution in [1.82, 2.24) is 9.88 Å². The number of hydrogen-bond donors (Lipinski definition) is 3. The summed E-state index contributed by atoms with van der Waals surface area (Å²) >= 11 is 0. The lowest BCUT2D eigenvalue weighted by molar-refractivity contribution is 0.0690. The number of carbonyl (C=O) groups excluding carboxylic acids is 1. The number of nitrogens with two attached hydrogens (primary N) is 1. The van der Waals surface area contributed by atoms with Crippen molar-refractivity contribution in [2.45, 2.75) is 19.4 Å². The van der Waals surface area contributed by atoms with Gasteiger partial charge in [0.05, 0.1) is 11.3 Å². The molecule has 0 aliphatic carbocycles. The van der Waals surface area contributed by atoms with Crippen LogP contribution in [0.25, 0.3) is 0 Å². The molecule has 0 radical (unpaired) electrons. The van der Waals surface area contributed by atoms with E-state index in [9.17, 15) is 9.90 Å². The SMILES string of the molecule is Cn1cc(N)cc1C(=O)NCC(C)(C)O. The Kier molecular flexibility index (Phi) is 3.04. The number of nitrogen functional groups attached to an aromatic ring is 1. The minimum atomic E-state index is -0.910. The highest BCUT2D eigenvalue weighted by molar-refractivity contribution is 5.93. The molecule has 0 saturated carbocycles. The summed E-state index contributed by atoms with van der Waals surface area (Å²) in [6, 6.07) is 1.60. The van der Waals surface area contributed by atoms with E-state index in [4.69, 9.17) is 5.73 Å². The number of aryl methyl sites for hydroxylation is 1. The van der Waals surface area contributed by atoms with Crippen LogP contribution in [0.2, 0.25) is 0 Å². The summed E-state index contributed by atoms with van der Waals surface area (Å²) in [5, 5.41) is 12.1. The van der Waals surface area contributed by atoms with Crippen molar-refractivity contribution in [3.63, 3.8) is 0 Å². The van der Waals surface area contributed by atoms with Gasteiger partial charge in [-0.3, -0.25) is 4.79 Å². The lowest BCUT2D eigenvalue weighted by Gasteiger charge is -2.17. The molecule has 0 fully saturated rings. The molecule has 0 saturated heterocycles. The maximum absolute atomic E-state index is 11.6. The normalized spacial score (nSPS) is 11.5. The molecule has 0 bridgehead atoms. The molecule has 5 nitrogen and oxygen atoms in total. The van der Waals surface area contributed by atoms with E-state index in [0.29, 0.717) is 11.4 Å². The first-order valence-corrected chi connectivity index (χ1v) is 4.72. The van der Waals surface area contributed by atoms with Crippen molar-refractivity contribution >= 4 is 11.6 Å². The van der Waals surface area contributed by atoms with Crippen molar-refractivity contribution in [1.29, 1.82) is 0 Å². The molecule has 84 valence electrons. The molecule has 15 heavy (non-hydrogen) atoms. The fourth-order valence-electron chi connectivity index (χ4n) is 1.20. The van der Waals surface area contributed by atoms with E-state index in [0.717, 1.165) is 0 Å². The zero-order valence-electron chi connectivity index (χ0n) is 9.24. The average molecular weight is 211 g/mol. The number of aliphatic hydroxyl groups is 1. The molecule has 1 amide bonds. The number of nitrogens with zero attached hydrogens (tertiary/aromatic N) is 1. The van der Waals surface area contributed by atoms with Crippen molar-refractivity contribution in [2.24, 2.45) is 7.05 Å². The van der Waals surface area contributed by atoms with E-state index in [2.05, 4.69) is 5.32 Å². The summed E-state index contributed by atoms with van der Waals surface area (Å²) in [5.41, 5.74) is 5.67. The van der Waals surface area contributed by atoms with Gasteiger partial charge >= 0.3 is 0 Å². The Labute approximate surface area is 88.9 Å². The summed E-state index contributed by atoms with van der Waals surface area (Å²) in [6.45, 7) is 3.47. The van der Waals surface area contributed by atoms with Gasteiger partial charge in [0.2, 0.25) is 0 Å². The van der Waals surface area contributed by atoms with E-state index in [1.165, 1.54) is 0 Å². The summed E-state index contributed by atoms with van der Waals surface area (Å²) in [5.74, 6) is -0.240. The Bertz CT molecular complexity index is 363. The Morgan fingerprint density at radius 2 is 2.27 bits per heavy atom. The van der Waals surface area contributed by atoms with Crippen LogP contribution < -0.4 is 11.1 Å². The van der Waals surface area contributed by atoms with Gasteiger partial charge in [-0.1, -0.05) is 0 Å². The zero-order chi connectivity index (χ0) is 11.6. The van der Waals surface area contributed by atoms with Gasteiger partial charge in [0, 0.05) is 19.8 Å². The molecule has 1 heterocycles. The first kappa shape index (κ1) is 11.6. The maximum atomic E-state index is 11.6. The maximum Gasteiger partial charge on any atom is 0.268 e. The first-order chi connectivity index (χ1) is 6.79. The second kappa shape index (κ2) is 3.94. The monoisotopic (exact) mass is 211 g/mol. The highest BCUT2D eigenvalue weighted by Gasteiger charge is 2.16. The number of amides is 1. The van der Waals surface area contributed by atoms with E-state index in [1.807, 2.05) is 0 Å². The van der Waals surface area contributed by atoms with E-state index < -0.39 is 5.60 Å². The van der Waals surface area contributed by atoms with Crippen LogP contribution in [0, 0.1) is 0 Å². The van der Waals surface area contributed by atoms with Crippen LogP contribution in [-0.2, 0) is 7.05 Å². The molecular formula is C10H17N3O2. The minimum Gasteiger partial charge on any atom is -0.397 e. The molecule has 0 spiro atoms. The molecule has 0 aliphatic rings. The predicted octanol–water partition coefficient (Wildman–Crippen LogP) is 0.108. The molecule has 5 heteroatoms. The van der Waals surface area contributed by atoms with Crippen LogP contribution in [0.1, 0.15) is 24.3 Å². The Hall–Kier alpha value is -1.49. The second-order valence-electron chi connectivity index (χ2n) is 4.26. The topological polar surface area (TPSA) is 80.3 Å². The molecule has 1 aromatic heterocycles. The molecule has 4 N–H and O–H groups in total. The van der Waals surface area contributed by atoms with Gasteiger partial charge in [-0.25, -0.2) is 0 Å². The van der Waals surface area contributed by atoms with Crippen LogP contribution >= 0.6 is 0 Å². The standard InChI is InChI=1S/C10H17N3O2/c1-10(2,15)6-12-9(14)8-4-7(11)5-13(8)3/h4-5,15H,6,11H2,1-3H3,(H,12,14). The molecular weight excluding hydrogens is 194 g/mol.